The Kier molecular flexibility index (Phi) is 3.01. The first kappa shape index (κ1) is 11.5. The summed E-state index contributed by atoms with van der Waals surface area (Å²) in [6, 6.07) is 1.65. The topological polar surface area (TPSA) is 77.2 Å². The van der Waals surface area contributed by atoms with Gasteiger partial charge in [-0.3, -0.25) is 4.98 Å². The van der Waals surface area contributed by atoms with Crippen molar-refractivity contribution in [1.29, 1.82) is 0 Å². The van der Waals surface area contributed by atoms with Crippen LogP contribution in [0.5, 0.6) is 5.75 Å². The molecule has 2 rings (SSSR count). The zero-order valence-electron chi connectivity index (χ0n) is 8.76. The van der Waals surface area contributed by atoms with Crippen molar-refractivity contribution in [1.82, 2.24) is 10.3 Å². The highest BCUT2D eigenvalue weighted by Gasteiger charge is 2.30. The molecule has 0 spiro atoms. The van der Waals surface area contributed by atoms with E-state index in [1.807, 2.05) is 0 Å². The summed E-state index contributed by atoms with van der Waals surface area (Å²) in [6.07, 6.45) is 9.06. The highest BCUT2D eigenvalue weighted by atomic mass is 35.5. The van der Waals surface area contributed by atoms with E-state index in [1.165, 1.54) is 6.20 Å². The van der Waals surface area contributed by atoms with Crippen LogP contribution in [0.25, 0.3) is 0 Å². The van der Waals surface area contributed by atoms with Crippen LogP contribution in [0.1, 0.15) is 5.56 Å². The highest BCUT2D eigenvalue weighted by molar-refractivity contribution is 6.25. The number of aromatic nitrogens is 1. The summed E-state index contributed by atoms with van der Waals surface area (Å²) in [4.78, 5) is 13.7. The summed E-state index contributed by atoms with van der Waals surface area (Å²) >= 11 is 6.38. The van der Waals surface area contributed by atoms with E-state index in [0.29, 0.717) is 5.56 Å². The number of carbonyl (C=O) groups is 1. The number of halogens is 1. The Bertz CT molecular complexity index is 501. The first-order valence-electron chi connectivity index (χ1n) is 4.84. The van der Waals surface area contributed by atoms with Crippen LogP contribution >= 0.6 is 11.6 Å². The van der Waals surface area contributed by atoms with Gasteiger partial charge in [0.15, 0.2) is 10.7 Å². The van der Waals surface area contributed by atoms with E-state index in [2.05, 4.69) is 10.3 Å². The maximum Gasteiger partial charge on any atom is 0.410 e. The molecule has 1 aromatic heterocycles. The second-order valence-corrected chi connectivity index (χ2v) is 3.96. The maximum atomic E-state index is 10.8. The van der Waals surface area contributed by atoms with Crippen molar-refractivity contribution >= 4 is 17.7 Å². The fraction of sp³-hybridized carbons (Fsp3) is 0.0909. The third-order valence-corrected chi connectivity index (χ3v) is 2.65. The molecule has 1 unspecified atom stereocenters. The molecule has 17 heavy (non-hydrogen) atoms. The average molecular weight is 252 g/mol. The molecule has 0 aromatic carbocycles. The molecule has 1 aliphatic rings. The van der Waals surface area contributed by atoms with Crippen molar-refractivity contribution in [3.05, 3.63) is 48.5 Å². The van der Waals surface area contributed by atoms with Crippen LogP contribution in [-0.2, 0) is 5.00 Å². The molecule has 2 heterocycles. The number of hydrogen-bond donors (Lipinski definition) is 2. The number of nitrogens with two attached hydrogens (primary N) is 1. The van der Waals surface area contributed by atoms with Gasteiger partial charge < -0.3 is 15.8 Å². The van der Waals surface area contributed by atoms with Crippen LogP contribution in [-0.4, -0.2) is 11.1 Å². The third kappa shape index (κ3) is 2.39. The lowest BCUT2D eigenvalue weighted by Crippen LogP contribution is -2.33. The Hall–Kier alpha value is -2.01. The Morgan fingerprint density at radius 3 is 3.00 bits per heavy atom. The normalized spacial score (nSPS) is 21.9. The molecule has 1 atom stereocenters. The van der Waals surface area contributed by atoms with E-state index < -0.39 is 11.1 Å². The van der Waals surface area contributed by atoms with Gasteiger partial charge in [0.25, 0.3) is 0 Å². The number of pyridine rings is 1. The van der Waals surface area contributed by atoms with E-state index in [4.69, 9.17) is 22.1 Å². The monoisotopic (exact) mass is 251 g/mol. The standard InChI is InChI=1S/C11H10ClN3O2/c12-11(4-1-2-5-15-11)8-3-6-14-7-9(8)17-10(13)16/h1-7,15H,(H2,13,16). The molecule has 3 N–H and O–H groups in total. The number of hydrogen-bond acceptors (Lipinski definition) is 4. The number of alkyl halides is 1. The zero-order chi connectivity index (χ0) is 12.3. The largest absolute Gasteiger partial charge is 0.410 e. The Morgan fingerprint density at radius 2 is 2.35 bits per heavy atom. The minimum Gasteiger partial charge on any atom is -0.408 e. The molecule has 0 saturated carbocycles. The average Bonchev–Trinajstić information content (AvgIpc) is 2.30. The highest BCUT2D eigenvalue weighted by Crippen LogP contribution is 2.35. The number of dihydropyridines is 1. The molecule has 0 saturated heterocycles. The molecule has 0 radical (unpaired) electrons. The number of carbonyl (C=O) groups excluding carboxylic acids is 1. The van der Waals surface area contributed by atoms with Crippen molar-refractivity contribution < 1.29 is 9.53 Å². The van der Waals surface area contributed by atoms with Gasteiger partial charge in [-0.25, -0.2) is 4.79 Å². The van der Waals surface area contributed by atoms with Gasteiger partial charge in [-0.2, -0.15) is 0 Å². The second-order valence-electron chi connectivity index (χ2n) is 3.37. The SMILES string of the molecule is NC(=O)Oc1cnccc1C1(Cl)C=CC=CN1. The maximum absolute atomic E-state index is 10.8. The van der Waals surface area contributed by atoms with E-state index >= 15 is 0 Å². The van der Waals surface area contributed by atoms with Gasteiger partial charge in [0.1, 0.15) is 0 Å². The Morgan fingerprint density at radius 1 is 1.53 bits per heavy atom. The first-order valence-corrected chi connectivity index (χ1v) is 5.22. The number of nitrogens with zero attached hydrogens (tertiary/aromatic N) is 1. The molecule has 1 aromatic rings. The number of rotatable bonds is 2. The number of primary amides is 1. The second kappa shape index (κ2) is 4.47. The molecular weight excluding hydrogens is 242 g/mol. The van der Waals surface area contributed by atoms with Crippen LogP contribution in [0.15, 0.2) is 42.9 Å². The van der Waals surface area contributed by atoms with E-state index in [9.17, 15) is 4.79 Å². The summed E-state index contributed by atoms with van der Waals surface area (Å²) in [7, 11) is 0. The van der Waals surface area contributed by atoms with Gasteiger partial charge in [0, 0.05) is 11.8 Å². The smallest absolute Gasteiger partial charge is 0.408 e. The van der Waals surface area contributed by atoms with Gasteiger partial charge in [-0.1, -0.05) is 17.7 Å². The fourth-order valence-corrected chi connectivity index (χ4v) is 1.79. The van der Waals surface area contributed by atoms with E-state index in [0.717, 1.165) is 0 Å². The summed E-state index contributed by atoms with van der Waals surface area (Å²) in [5.41, 5.74) is 5.55. The molecule has 1 amide bonds. The number of nitrogens with one attached hydrogen (secondary N) is 1. The molecule has 0 fully saturated rings. The number of amides is 1. The summed E-state index contributed by atoms with van der Waals surface area (Å²) in [6.45, 7) is 0. The first-order chi connectivity index (χ1) is 8.12. The van der Waals surface area contributed by atoms with Crippen LogP contribution in [0, 0.1) is 0 Å². The molecule has 0 bridgehead atoms. The van der Waals surface area contributed by atoms with Gasteiger partial charge in [-0.05, 0) is 24.4 Å². The number of ether oxygens (including phenoxy) is 1. The summed E-state index contributed by atoms with van der Waals surface area (Å²) in [5, 5.41) is 2.96. The van der Waals surface area contributed by atoms with Crippen molar-refractivity contribution in [2.24, 2.45) is 5.73 Å². The van der Waals surface area contributed by atoms with E-state index in [-0.39, 0.29) is 5.75 Å². The van der Waals surface area contributed by atoms with Crippen molar-refractivity contribution in [2.45, 2.75) is 5.00 Å². The van der Waals surface area contributed by atoms with E-state index in [1.54, 1.807) is 36.7 Å². The Labute approximate surface area is 103 Å². The lowest BCUT2D eigenvalue weighted by molar-refractivity contribution is 0.210. The van der Waals surface area contributed by atoms with Crippen LogP contribution in [0.4, 0.5) is 4.79 Å². The molecule has 1 aliphatic heterocycles. The van der Waals surface area contributed by atoms with Crippen LogP contribution in [0.3, 0.4) is 0 Å². The molecule has 6 heteroatoms. The van der Waals surface area contributed by atoms with Crippen molar-refractivity contribution in [2.75, 3.05) is 0 Å². The molecular formula is C11H10ClN3O2. The summed E-state index contributed by atoms with van der Waals surface area (Å²) in [5.74, 6) is 0.224. The van der Waals surface area contributed by atoms with Crippen LogP contribution < -0.4 is 15.8 Å². The number of allylic oxidation sites excluding steroid dienone is 2. The van der Waals surface area contributed by atoms with Crippen LogP contribution in [0.2, 0.25) is 0 Å². The lowest BCUT2D eigenvalue weighted by atomic mass is 10.0. The molecule has 5 nitrogen and oxygen atoms in total. The lowest BCUT2D eigenvalue weighted by Gasteiger charge is -2.27. The molecule has 88 valence electrons. The third-order valence-electron chi connectivity index (χ3n) is 2.21. The quantitative estimate of drug-likeness (QED) is 0.618. The zero-order valence-corrected chi connectivity index (χ0v) is 9.52. The van der Waals surface area contributed by atoms with Gasteiger partial charge in [0.2, 0.25) is 0 Å². The fourth-order valence-electron chi connectivity index (χ4n) is 1.50. The minimum atomic E-state index is -0.970. The predicted molar refractivity (Wildman–Crippen MR) is 63.4 cm³/mol. The predicted octanol–water partition coefficient (Wildman–Crippen LogP) is 1.60. The van der Waals surface area contributed by atoms with Gasteiger partial charge in [0.05, 0.1) is 6.20 Å². The van der Waals surface area contributed by atoms with Gasteiger partial charge in [-0.15, -0.1) is 0 Å². The van der Waals surface area contributed by atoms with Gasteiger partial charge >= 0.3 is 6.09 Å². The van der Waals surface area contributed by atoms with Crippen molar-refractivity contribution in [3.63, 3.8) is 0 Å². The van der Waals surface area contributed by atoms with Crippen molar-refractivity contribution in [3.8, 4) is 5.75 Å². The summed E-state index contributed by atoms with van der Waals surface area (Å²) < 4.78 is 4.86. The molecule has 0 aliphatic carbocycles. The minimum absolute atomic E-state index is 0.224. The Balaban J connectivity index is 2.41.